The van der Waals surface area contributed by atoms with Crippen molar-refractivity contribution in [2.45, 2.75) is 13.5 Å². The molecule has 0 aliphatic carbocycles. The summed E-state index contributed by atoms with van der Waals surface area (Å²) in [5, 5.41) is 3.59. The maximum absolute atomic E-state index is 12.1. The van der Waals surface area contributed by atoms with Crippen LogP contribution in [0.5, 0.6) is 0 Å². The molecule has 0 spiro atoms. The van der Waals surface area contributed by atoms with Gasteiger partial charge in [0, 0.05) is 20.7 Å². The highest BCUT2D eigenvalue weighted by molar-refractivity contribution is 9.10. The van der Waals surface area contributed by atoms with Crippen molar-refractivity contribution in [2.75, 3.05) is 18.9 Å². The molecule has 1 amide bonds. The lowest BCUT2D eigenvalue weighted by molar-refractivity contribution is -0.885. The highest BCUT2D eigenvalue weighted by Gasteiger charge is 2.12. The van der Waals surface area contributed by atoms with Crippen molar-refractivity contribution in [3.8, 4) is 0 Å². The Morgan fingerprint density at radius 2 is 1.91 bits per heavy atom. The van der Waals surface area contributed by atoms with Crippen molar-refractivity contribution in [3.05, 3.63) is 63.1 Å². The third kappa shape index (κ3) is 4.83. The van der Waals surface area contributed by atoms with Crippen molar-refractivity contribution >= 4 is 39.1 Å². The maximum atomic E-state index is 12.1. The van der Waals surface area contributed by atoms with E-state index in [9.17, 15) is 4.79 Å². The summed E-state index contributed by atoms with van der Waals surface area (Å²) in [6, 6.07) is 13.7. The number of carbonyl (C=O) groups is 1. The zero-order valence-electron chi connectivity index (χ0n) is 12.6. The van der Waals surface area contributed by atoms with E-state index in [2.05, 4.69) is 33.4 Å². The van der Waals surface area contributed by atoms with Crippen LogP contribution in [0.4, 0.5) is 5.69 Å². The van der Waals surface area contributed by atoms with E-state index in [-0.39, 0.29) is 5.91 Å². The zero-order chi connectivity index (χ0) is 16.1. The highest BCUT2D eigenvalue weighted by atomic mass is 79.9. The Morgan fingerprint density at radius 1 is 1.23 bits per heavy atom. The van der Waals surface area contributed by atoms with Gasteiger partial charge in [0.15, 0.2) is 6.54 Å². The quantitative estimate of drug-likeness (QED) is 0.819. The second-order valence-corrected chi connectivity index (χ2v) is 6.72. The monoisotopic (exact) mass is 381 g/mol. The lowest BCUT2D eigenvalue weighted by Crippen LogP contribution is -3.08. The van der Waals surface area contributed by atoms with Gasteiger partial charge in [-0.05, 0) is 36.8 Å². The number of hydrogen-bond acceptors (Lipinski definition) is 1. The lowest BCUT2D eigenvalue weighted by atomic mass is 10.2. The van der Waals surface area contributed by atoms with E-state index in [0.717, 1.165) is 27.2 Å². The molecule has 2 rings (SSSR count). The summed E-state index contributed by atoms with van der Waals surface area (Å²) in [7, 11) is 2.01. The predicted molar refractivity (Wildman–Crippen MR) is 94.4 cm³/mol. The van der Waals surface area contributed by atoms with Crippen molar-refractivity contribution in [1.29, 1.82) is 0 Å². The highest BCUT2D eigenvalue weighted by Crippen LogP contribution is 2.22. The molecule has 0 aliphatic rings. The zero-order valence-corrected chi connectivity index (χ0v) is 15.0. The Bertz CT molecular complexity index is 658. The van der Waals surface area contributed by atoms with Gasteiger partial charge in [-0.2, -0.15) is 0 Å². The molecule has 0 saturated heterocycles. The minimum Gasteiger partial charge on any atom is -0.326 e. The second kappa shape index (κ2) is 7.77. The Morgan fingerprint density at radius 3 is 2.59 bits per heavy atom. The Hall–Kier alpha value is -1.36. The van der Waals surface area contributed by atoms with Gasteiger partial charge in [-0.1, -0.05) is 45.7 Å². The molecule has 3 nitrogen and oxygen atoms in total. The number of halogens is 2. The molecule has 0 heterocycles. The van der Waals surface area contributed by atoms with Crippen LogP contribution in [0.3, 0.4) is 0 Å². The van der Waals surface area contributed by atoms with E-state index >= 15 is 0 Å². The molecule has 0 radical (unpaired) electrons. The predicted octanol–water partition coefficient (Wildman–Crippen LogP) is 3.06. The number of amides is 1. The standard InChI is InChI=1S/C17H18BrClN2O/c1-12-15(19)4-3-5-16(12)20-17(22)11-21(2)10-13-6-8-14(18)9-7-13/h3-9H,10-11H2,1-2H3,(H,20,22)/p+1. The summed E-state index contributed by atoms with van der Waals surface area (Å²) >= 11 is 9.48. The summed E-state index contributed by atoms with van der Waals surface area (Å²) in [6.07, 6.45) is 0. The van der Waals surface area contributed by atoms with E-state index in [0.29, 0.717) is 11.6 Å². The molecule has 0 aliphatic heterocycles. The van der Waals surface area contributed by atoms with Gasteiger partial charge in [-0.15, -0.1) is 0 Å². The number of carbonyl (C=O) groups excluding carboxylic acids is 1. The minimum absolute atomic E-state index is 0.0139. The van der Waals surface area contributed by atoms with Crippen molar-refractivity contribution < 1.29 is 9.69 Å². The summed E-state index contributed by atoms with van der Waals surface area (Å²) < 4.78 is 1.06. The van der Waals surface area contributed by atoms with E-state index in [1.807, 2.05) is 44.3 Å². The molecule has 2 aromatic carbocycles. The molecule has 1 atom stereocenters. The molecule has 0 aromatic heterocycles. The first-order valence-corrected chi connectivity index (χ1v) is 8.23. The average molecular weight is 383 g/mol. The molecule has 0 bridgehead atoms. The van der Waals surface area contributed by atoms with Crippen LogP contribution in [0, 0.1) is 6.92 Å². The fraction of sp³-hybridized carbons (Fsp3) is 0.235. The number of anilines is 1. The number of nitrogens with one attached hydrogen (secondary N) is 2. The maximum Gasteiger partial charge on any atom is 0.279 e. The molecular formula is C17H19BrClN2O+. The van der Waals surface area contributed by atoms with Gasteiger partial charge in [-0.3, -0.25) is 4.79 Å². The Balaban J connectivity index is 1.91. The van der Waals surface area contributed by atoms with Gasteiger partial charge in [0.25, 0.3) is 5.91 Å². The normalized spacial score (nSPS) is 12.0. The third-order valence-electron chi connectivity index (χ3n) is 3.42. The number of quaternary nitrogens is 1. The summed E-state index contributed by atoms with van der Waals surface area (Å²) in [5.41, 5.74) is 2.87. The fourth-order valence-corrected chi connectivity index (χ4v) is 2.66. The van der Waals surface area contributed by atoms with Gasteiger partial charge < -0.3 is 10.2 Å². The smallest absolute Gasteiger partial charge is 0.279 e. The van der Waals surface area contributed by atoms with Crippen molar-refractivity contribution in [2.24, 2.45) is 0 Å². The Labute approximate surface area is 144 Å². The third-order valence-corrected chi connectivity index (χ3v) is 4.36. The minimum atomic E-state index is -0.0139. The van der Waals surface area contributed by atoms with E-state index < -0.39 is 0 Å². The first kappa shape index (κ1) is 17.0. The molecule has 0 saturated carbocycles. The van der Waals surface area contributed by atoms with E-state index in [1.54, 1.807) is 0 Å². The van der Waals surface area contributed by atoms with Crippen LogP contribution in [0.1, 0.15) is 11.1 Å². The summed E-state index contributed by atoms with van der Waals surface area (Å²) in [6.45, 7) is 3.10. The number of hydrogen-bond donors (Lipinski definition) is 2. The first-order valence-electron chi connectivity index (χ1n) is 7.06. The van der Waals surface area contributed by atoms with Crippen LogP contribution < -0.4 is 10.2 Å². The molecule has 116 valence electrons. The summed E-state index contributed by atoms with van der Waals surface area (Å²) in [4.78, 5) is 13.3. The molecular weight excluding hydrogens is 364 g/mol. The molecule has 0 fully saturated rings. The molecule has 2 aromatic rings. The van der Waals surface area contributed by atoms with Crippen LogP contribution in [0.2, 0.25) is 5.02 Å². The number of benzene rings is 2. The van der Waals surface area contributed by atoms with Crippen LogP contribution in [-0.4, -0.2) is 19.5 Å². The van der Waals surface area contributed by atoms with Crippen molar-refractivity contribution in [1.82, 2.24) is 0 Å². The van der Waals surface area contributed by atoms with Crippen LogP contribution in [0.15, 0.2) is 46.9 Å². The van der Waals surface area contributed by atoms with Gasteiger partial charge >= 0.3 is 0 Å². The van der Waals surface area contributed by atoms with Gasteiger partial charge in [-0.25, -0.2) is 0 Å². The van der Waals surface area contributed by atoms with Gasteiger partial charge in [0.1, 0.15) is 6.54 Å². The van der Waals surface area contributed by atoms with Gasteiger partial charge in [0.2, 0.25) is 0 Å². The van der Waals surface area contributed by atoms with Crippen LogP contribution in [0.25, 0.3) is 0 Å². The molecule has 5 heteroatoms. The number of likely N-dealkylation sites (N-methyl/N-ethyl adjacent to an activating group) is 1. The largest absolute Gasteiger partial charge is 0.326 e. The van der Waals surface area contributed by atoms with Crippen molar-refractivity contribution in [3.63, 3.8) is 0 Å². The Kier molecular flexibility index (Phi) is 6.00. The molecule has 22 heavy (non-hydrogen) atoms. The average Bonchev–Trinajstić information content (AvgIpc) is 2.46. The van der Waals surface area contributed by atoms with Crippen LogP contribution >= 0.6 is 27.5 Å². The van der Waals surface area contributed by atoms with Gasteiger partial charge in [0.05, 0.1) is 7.05 Å². The molecule has 1 unspecified atom stereocenters. The van der Waals surface area contributed by atoms with E-state index in [4.69, 9.17) is 11.6 Å². The van der Waals surface area contributed by atoms with E-state index in [1.165, 1.54) is 5.56 Å². The van der Waals surface area contributed by atoms with Crippen LogP contribution in [-0.2, 0) is 11.3 Å². The number of rotatable bonds is 5. The SMILES string of the molecule is Cc1c(Cl)cccc1NC(=O)C[NH+](C)Cc1ccc(Br)cc1. The first-order chi connectivity index (χ1) is 10.5. The fourth-order valence-electron chi connectivity index (χ4n) is 2.22. The summed E-state index contributed by atoms with van der Waals surface area (Å²) in [5.74, 6) is -0.0139. The molecule has 2 N–H and O–H groups in total. The lowest BCUT2D eigenvalue weighted by Gasteiger charge is -2.15. The topological polar surface area (TPSA) is 33.5 Å². The second-order valence-electron chi connectivity index (χ2n) is 5.40.